The van der Waals surface area contributed by atoms with Crippen LogP contribution in [-0.4, -0.2) is 58.7 Å². The molecule has 9 nitrogen and oxygen atoms in total. The summed E-state index contributed by atoms with van der Waals surface area (Å²) in [7, 11) is -3.90. The van der Waals surface area contributed by atoms with E-state index in [0.717, 1.165) is 5.69 Å². The SMILES string of the molecule is CC1CN(S(=O)(=O)c2cc(C(=O)Nc3ccn(Cc4ccccn4)n3)ccc2Cl)CC(C)O1. The second-order valence-electron chi connectivity index (χ2n) is 7.90. The van der Waals surface area contributed by atoms with Crippen LogP contribution in [0.15, 0.2) is 59.8 Å². The molecule has 1 aliphatic rings. The largest absolute Gasteiger partial charge is 0.373 e. The molecule has 1 aromatic carbocycles. The van der Waals surface area contributed by atoms with Crippen molar-refractivity contribution in [2.24, 2.45) is 0 Å². The van der Waals surface area contributed by atoms with Crippen LogP contribution in [0, 0.1) is 0 Å². The molecule has 1 fully saturated rings. The minimum absolute atomic E-state index is 0.0537. The van der Waals surface area contributed by atoms with Crippen molar-refractivity contribution in [1.29, 1.82) is 0 Å². The number of nitrogens with one attached hydrogen (secondary N) is 1. The summed E-state index contributed by atoms with van der Waals surface area (Å²) >= 11 is 6.23. The second kappa shape index (κ2) is 9.60. The highest BCUT2D eigenvalue weighted by Crippen LogP contribution is 2.28. The monoisotopic (exact) mass is 489 g/mol. The fourth-order valence-electron chi connectivity index (χ4n) is 3.67. The van der Waals surface area contributed by atoms with Crippen LogP contribution in [-0.2, 0) is 21.3 Å². The summed E-state index contributed by atoms with van der Waals surface area (Å²) in [5.41, 5.74) is 0.990. The van der Waals surface area contributed by atoms with Gasteiger partial charge in [-0.3, -0.25) is 14.5 Å². The molecule has 2 unspecified atom stereocenters. The van der Waals surface area contributed by atoms with Gasteiger partial charge in [0.15, 0.2) is 5.82 Å². The van der Waals surface area contributed by atoms with E-state index in [0.29, 0.717) is 12.4 Å². The number of halogens is 1. The van der Waals surface area contributed by atoms with Crippen molar-refractivity contribution in [1.82, 2.24) is 19.1 Å². The molecule has 3 aromatic rings. The van der Waals surface area contributed by atoms with Gasteiger partial charge < -0.3 is 10.1 Å². The topological polar surface area (TPSA) is 106 Å². The number of sulfonamides is 1. The molecule has 3 heterocycles. The van der Waals surface area contributed by atoms with Crippen LogP contribution < -0.4 is 5.32 Å². The smallest absolute Gasteiger partial charge is 0.256 e. The van der Waals surface area contributed by atoms with Crippen molar-refractivity contribution in [2.75, 3.05) is 18.4 Å². The van der Waals surface area contributed by atoms with Gasteiger partial charge in [0.1, 0.15) is 4.90 Å². The summed E-state index contributed by atoms with van der Waals surface area (Å²) in [4.78, 5) is 16.9. The lowest BCUT2D eigenvalue weighted by Crippen LogP contribution is -2.48. The van der Waals surface area contributed by atoms with Crippen LogP contribution in [0.4, 0.5) is 5.82 Å². The minimum atomic E-state index is -3.90. The number of hydrogen-bond acceptors (Lipinski definition) is 6. The number of carbonyl (C=O) groups excluding carboxylic acids is 1. The molecule has 1 saturated heterocycles. The van der Waals surface area contributed by atoms with E-state index < -0.39 is 15.9 Å². The number of morpholine rings is 1. The second-order valence-corrected chi connectivity index (χ2v) is 10.2. The number of nitrogens with zero attached hydrogens (tertiary/aromatic N) is 4. The van der Waals surface area contributed by atoms with Crippen molar-refractivity contribution in [3.63, 3.8) is 0 Å². The summed E-state index contributed by atoms with van der Waals surface area (Å²) < 4.78 is 35.1. The highest BCUT2D eigenvalue weighted by atomic mass is 35.5. The maximum Gasteiger partial charge on any atom is 0.256 e. The van der Waals surface area contributed by atoms with Gasteiger partial charge in [0.2, 0.25) is 10.0 Å². The Balaban J connectivity index is 1.51. The van der Waals surface area contributed by atoms with E-state index in [4.69, 9.17) is 16.3 Å². The summed E-state index contributed by atoms with van der Waals surface area (Å²) in [5, 5.41) is 7.08. The zero-order valence-electron chi connectivity index (χ0n) is 18.2. The first-order chi connectivity index (χ1) is 15.7. The number of anilines is 1. The number of pyridine rings is 1. The normalized spacial score (nSPS) is 19.4. The molecule has 0 bridgehead atoms. The molecule has 0 spiro atoms. The van der Waals surface area contributed by atoms with Crippen molar-refractivity contribution < 1.29 is 17.9 Å². The molecule has 0 saturated carbocycles. The Morgan fingerprint density at radius 2 is 1.94 bits per heavy atom. The number of ether oxygens (including phenoxy) is 1. The lowest BCUT2D eigenvalue weighted by molar-refractivity contribution is -0.0440. The predicted octanol–water partition coefficient (Wildman–Crippen LogP) is 3.03. The zero-order chi connectivity index (χ0) is 23.6. The van der Waals surface area contributed by atoms with Crippen LogP contribution in [0.5, 0.6) is 0 Å². The van der Waals surface area contributed by atoms with Gasteiger partial charge in [-0.25, -0.2) is 8.42 Å². The van der Waals surface area contributed by atoms with E-state index in [1.165, 1.54) is 22.5 Å². The Kier molecular flexibility index (Phi) is 6.80. The first kappa shape index (κ1) is 23.4. The van der Waals surface area contributed by atoms with Gasteiger partial charge in [0.05, 0.1) is 29.5 Å². The van der Waals surface area contributed by atoms with Gasteiger partial charge in [-0.05, 0) is 44.2 Å². The first-order valence-electron chi connectivity index (χ1n) is 10.4. The van der Waals surface area contributed by atoms with Crippen molar-refractivity contribution in [3.8, 4) is 0 Å². The number of amides is 1. The number of rotatable bonds is 6. The fraction of sp³-hybridized carbons (Fsp3) is 0.318. The lowest BCUT2D eigenvalue weighted by Gasteiger charge is -2.34. The van der Waals surface area contributed by atoms with Gasteiger partial charge >= 0.3 is 0 Å². The van der Waals surface area contributed by atoms with Gasteiger partial charge in [0.25, 0.3) is 5.91 Å². The molecular weight excluding hydrogens is 466 g/mol. The molecule has 4 rings (SSSR count). The van der Waals surface area contributed by atoms with Crippen LogP contribution in [0.2, 0.25) is 5.02 Å². The summed E-state index contributed by atoms with van der Waals surface area (Å²) in [6.07, 6.45) is 2.94. The maximum absolute atomic E-state index is 13.2. The highest BCUT2D eigenvalue weighted by Gasteiger charge is 2.33. The Bertz CT molecular complexity index is 1240. The van der Waals surface area contributed by atoms with Crippen LogP contribution >= 0.6 is 11.6 Å². The van der Waals surface area contributed by atoms with E-state index >= 15 is 0 Å². The van der Waals surface area contributed by atoms with E-state index in [1.807, 2.05) is 32.0 Å². The van der Waals surface area contributed by atoms with Gasteiger partial charge in [-0.2, -0.15) is 9.40 Å². The van der Waals surface area contributed by atoms with E-state index in [9.17, 15) is 13.2 Å². The minimum Gasteiger partial charge on any atom is -0.373 e. The Morgan fingerprint density at radius 1 is 1.18 bits per heavy atom. The summed E-state index contributed by atoms with van der Waals surface area (Å²) in [6.45, 7) is 4.52. The number of carbonyl (C=O) groups is 1. The van der Waals surface area contributed by atoms with Crippen molar-refractivity contribution >= 4 is 33.3 Å². The number of aromatic nitrogens is 3. The van der Waals surface area contributed by atoms with Crippen LogP contribution in [0.1, 0.15) is 29.9 Å². The van der Waals surface area contributed by atoms with Crippen molar-refractivity contribution in [2.45, 2.75) is 37.5 Å². The molecule has 2 atom stereocenters. The Morgan fingerprint density at radius 3 is 2.64 bits per heavy atom. The summed E-state index contributed by atoms with van der Waals surface area (Å²) in [5.74, 6) is -0.152. The van der Waals surface area contributed by atoms with Crippen LogP contribution in [0.25, 0.3) is 0 Å². The van der Waals surface area contributed by atoms with Gasteiger partial charge in [0, 0.05) is 37.1 Å². The quantitative estimate of drug-likeness (QED) is 0.570. The number of benzene rings is 1. The van der Waals surface area contributed by atoms with E-state index in [1.54, 1.807) is 23.1 Å². The standard InChI is InChI=1S/C22H24ClN5O4S/c1-15-12-28(13-16(2)32-15)33(30,31)20-11-17(6-7-19(20)23)22(29)25-21-8-10-27(26-21)14-18-5-3-4-9-24-18/h3-11,15-16H,12-14H2,1-2H3,(H,25,26,29). The molecule has 2 aromatic heterocycles. The van der Waals surface area contributed by atoms with E-state index in [2.05, 4.69) is 15.4 Å². The summed E-state index contributed by atoms with van der Waals surface area (Å²) in [6, 6.07) is 11.4. The molecule has 0 radical (unpaired) electrons. The predicted molar refractivity (Wildman–Crippen MR) is 124 cm³/mol. The highest BCUT2D eigenvalue weighted by molar-refractivity contribution is 7.89. The molecule has 33 heavy (non-hydrogen) atoms. The number of hydrogen-bond donors (Lipinski definition) is 1. The third-order valence-corrected chi connectivity index (χ3v) is 7.44. The fourth-order valence-corrected chi connectivity index (χ4v) is 5.76. The zero-order valence-corrected chi connectivity index (χ0v) is 19.8. The molecule has 1 aliphatic heterocycles. The van der Waals surface area contributed by atoms with Crippen LogP contribution in [0.3, 0.4) is 0 Å². The van der Waals surface area contributed by atoms with Gasteiger partial charge in [-0.1, -0.05) is 17.7 Å². The molecule has 1 N–H and O–H groups in total. The van der Waals surface area contributed by atoms with E-state index in [-0.39, 0.29) is 40.8 Å². The molecule has 0 aliphatic carbocycles. The Labute approximate surface area is 197 Å². The average molecular weight is 490 g/mol. The first-order valence-corrected chi connectivity index (χ1v) is 12.2. The molecule has 11 heteroatoms. The average Bonchev–Trinajstić information content (AvgIpc) is 3.20. The molecule has 174 valence electrons. The maximum atomic E-state index is 13.2. The lowest BCUT2D eigenvalue weighted by atomic mass is 10.2. The third-order valence-electron chi connectivity index (χ3n) is 5.13. The van der Waals surface area contributed by atoms with Crippen molar-refractivity contribution in [3.05, 3.63) is 71.1 Å². The Hall–Kier alpha value is -2.79. The molecule has 1 amide bonds. The molecular formula is C22H24ClN5O4S. The van der Waals surface area contributed by atoms with Gasteiger partial charge in [-0.15, -0.1) is 0 Å². The third kappa shape index (κ3) is 5.41.